The van der Waals surface area contributed by atoms with Gasteiger partial charge in [0.15, 0.2) is 0 Å². The molecule has 7 heteroatoms. The molecule has 1 aliphatic heterocycles. The number of aromatic amines is 1. The molecule has 1 amide bonds. The summed E-state index contributed by atoms with van der Waals surface area (Å²) in [5.74, 6) is 0.626. The summed E-state index contributed by atoms with van der Waals surface area (Å²) in [4.78, 5) is 29.0. The highest BCUT2D eigenvalue weighted by Crippen LogP contribution is 2.39. The van der Waals surface area contributed by atoms with E-state index in [1.807, 2.05) is 44.4 Å². The van der Waals surface area contributed by atoms with Gasteiger partial charge in [0.05, 0.1) is 17.1 Å². The van der Waals surface area contributed by atoms with Crippen LogP contribution in [0.1, 0.15) is 20.8 Å². The van der Waals surface area contributed by atoms with Gasteiger partial charge < -0.3 is 20.1 Å². The van der Waals surface area contributed by atoms with Crippen LogP contribution in [0.2, 0.25) is 0 Å². The maximum Gasteiger partial charge on any atom is 0.249 e. The standard InChI is InChI=1S/C25H26N6O/c1-15(2)31-16(3)24(32)30(4)22-9-8-17(14-23(22)31)28-25-27-13-11-21(29-25)18-6-5-7-20-19(18)10-12-26-20/h5-16,26H,1-4H3,(H,27,28,29). The predicted octanol–water partition coefficient (Wildman–Crippen LogP) is 4.95. The highest BCUT2D eigenvalue weighted by Gasteiger charge is 2.34. The lowest BCUT2D eigenvalue weighted by Gasteiger charge is -2.42. The Morgan fingerprint density at radius 2 is 1.94 bits per heavy atom. The van der Waals surface area contributed by atoms with Gasteiger partial charge in [0.25, 0.3) is 0 Å². The average molecular weight is 427 g/mol. The number of aromatic nitrogens is 3. The van der Waals surface area contributed by atoms with E-state index in [0.29, 0.717) is 5.95 Å². The van der Waals surface area contributed by atoms with Gasteiger partial charge in [-0.05, 0) is 57.2 Å². The van der Waals surface area contributed by atoms with Gasteiger partial charge >= 0.3 is 0 Å². The Balaban J connectivity index is 1.50. The zero-order valence-corrected chi connectivity index (χ0v) is 18.6. The van der Waals surface area contributed by atoms with Gasteiger partial charge in [-0.15, -0.1) is 0 Å². The number of nitrogens with zero attached hydrogens (tertiary/aromatic N) is 4. The number of carbonyl (C=O) groups excluding carboxylic acids is 1. The Hall–Kier alpha value is -3.87. The van der Waals surface area contributed by atoms with E-state index in [9.17, 15) is 4.79 Å². The monoisotopic (exact) mass is 426 g/mol. The number of H-pyrrole nitrogens is 1. The van der Waals surface area contributed by atoms with Crippen LogP contribution >= 0.6 is 0 Å². The van der Waals surface area contributed by atoms with Gasteiger partial charge in [0.1, 0.15) is 6.04 Å². The van der Waals surface area contributed by atoms with E-state index in [0.717, 1.165) is 39.2 Å². The molecule has 0 spiro atoms. The molecule has 4 aromatic rings. The Kier molecular flexibility index (Phi) is 4.81. The molecule has 2 aromatic carbocycles. The molecular formula is C25H26N6O. The van der Waals surface area contributed by atoms with Crippen LogP contribution in [0.15, 0.2) is 60.9 Å². The summed E-state index contributed by atoms with van der Waals surface area (Å²) in [6.45, 7) is 6.16. The van der Waals surface area contributed by atoms with Crippen LogP contribution in [0.5, 0.6) is 0 Å². The molecule has 1 unspecified atom stereocenters. The van der Waals surface area contributed by atoms with Crippen LogP contribution in [0.4, 0.5) is 23.0 Å². The first-order valence-electron chi connectivity index (χ1n) is 10.8. The molecule has 0 radical (unpaired) electrons. The van der Waals surface area contributed by atoms with Gasteiger partial charge in [0.2, 0.25) is 11.9 Å². The van der Waals surface area contributed by atoms with Crippen molar-refractivity contribution >= 4 is 39.8 Å². The normalized spacial score (nSPS) is 16.0. The number of likely N-dealkylation sites (N-methyl/N-ethyl adjacent to an activating group) is 1. The molecule has 7 nitrogen and oxygen atoms in total. The number of amides is 1. The average Bonchev–Trinajstić information content (AvgIpc) is 3.27. The number of benzene rings is 2. The molecule has 0 saturated carbocycles. The maximum atomic E-state index is 12.7. The van der Waals surface area contributed by atoms with Crippen molar-refractivity contribution in [3.05, 3.63) is 60.9 Å². The predicted molar refractivity (Wildman–Crippen MR) is 130 cm³/mol. The number of fused-ring (bicyclic) bond motifs is 2. The van der Waals surface area contributed by atoms with Crippen LogP contribution in [-0.4, -0.2) is 40.0 Å². The van der Waals surface area contributed by atoms with Gasteiger partial charge in [-0.25, -0.2) is 9.97 Å². The van der Waals surface area contributed by atoms with Crippen LogP contribution in [0.25, 0.3) is 22.2 Å². The van der Waals surface area contributed by atoms with Crippen molar-refractivity contribution in [2.24, 2.45) is 0 Å². The minimum Gasteiger partial charge on any atom is -0.361 e. The van der Waals surface area contributed by atoms with Crippen molar-refractivity contribution in [3.63, 3.8) is 0 Å². The Morgan fingerprint density at radius 3 is 2.75 bits per heavy atom. The van der Waals surface area contributed by atoms with Crippen LogP contribution < -0.4 is 15.1 Å². The third kappa shape index (κ3) is 3.26. The lowest BCUT2D eigenvalue weighted by Crippen LogP contribution is -2.53. The second-order valence-corrected chi connectivity index (χ2v) is 8.41. The fraction of sp³-hybridized carbons (Fsp3) is 0.240. The van der Waals surface area contributed by atoms with Gasteiger partial charge in [0, 0.05) is 47.6 Å². The summed E-state index contributed by atoms with van der Waals surface area (Å²) >= 11 is 0. The molecule has 1 atom stereocenters. The Labute approximate surface area is 187 Å². The number of carbonyl (C=O) groups is 1. The van der Waals surface area contributed by atoms with E-state index in [-0.39, 0.29) is 18.0 Å². The summed E-state index contributed by atoms with van der Waals surface area (Å²) in [7, 11) is 1.83. The molecule has 0 aliphatic carbocycles. The third-order valence-corrected chi connectivity index (χ3v) is 6.06. The molecule has 2 aromatic heterocycles. The van der Waals surface area contributed by atoms with Crippen molar-refractivity contribution in [3.8, 4) is 11.3 Å². The molecule has 5 rings (SSSR count). The Morgan fingerprint density at radius 1 is 1.09 bits per heavy atom. The number of anilines is 4. The molecule has 32 heavy (non-hydrogen) atoms. The first kappa shape index (κ1) is 20.1. The van der Waals surface area contributed by atoms with Crippen molar-refractivity contribution in [2.75, 3.05) is 22.2 Å². The number of nitrogens with one attached hydrogen (secondary N) is 2. The second-order valence-electron chi connectivity index (χ2n) is 8.41. The molecular weight excluding hydrogens is 400 g/mol. The molecule has 1 aliphatic rings. The van der Waals surface area contributed by atoms with Crippen molar-refractivity contribution < 1.29 is 4.79 Å². The smallest absolute Gasteiger partial charge is 0.249 e. The molecule has 0 saturated heterocycles. The van der Waals surface area contributed by atoms with Crippen LogP contribution in [0.3, 0.4) is 0 Å². The summed E-state index contributed by atoms with van der Waals surface area (Å²) < 4.78 is 0. The number of rotatable bonds is 4. The summed E-state index contributed by atoms with van der Waals surface area (Å²) in [6, 6.07) is 16.1. The summed E-state index contributed by atoms with van der Waals surface area (Å²) in [5.41, 5.74) is 5.79. The van der Waals surface area contributed by atoms with Crippen LogP contribution in [-0.2, 0) is 4.79 Å². The van der Waals surface area contributed by atoms with E-state index in [1.165, 1.54) is 0 Å². The van der Waals surface area contributed by atoms with E-state index < -0.39 is 0 Å². The van der Waals surface area contributed by atoms with Crippen molar-refractivity contribution in [1.29, 1.82) is 0 Å². The van der Waals surface area contributed by atoms with Crippen molar-refractivity contribution in [2.45, 2.75) is 32.9 Å². The highest BCUT2D eigenvalue weighted by molar-refractivity contribution is 6.05. The molecule has 2 N–H and O–H groups in total. The summed E-state index contributed by atoms with van der Waals surface area (Å²) in [5, 5.41) is 4.47. The quantitative estimate of drug-likeness (QED) is 0.483. The van der Waals surface area contributed by atoms with E-state index in [4.69, 9.17) is 4.98 Å². The Bertz CT molecular complexity index is 1310. The lowest BCUT2D eigenvalue weighted by molar-refractivity contribution is -0.119. The van der Waals surface area contributed by atoms with E-state index in [1.54, 1.807) is 11.1 Å². The first-order valence-corrected chi connectivity index (χ1v) is 10.8. The van der Waals surface area contributed by atoms with Gasteiger partial charge in [-0.1, -0.05) is 12.1 Å². The SMILES string of the molecule is CC(C)N1c2cc(Nc3nccc(-c4cccc5[nH]ccc45)n3)ccc2N(C)C(=O)C1C. The fourth-order valence-electron chi connectivity index (χ4n) is 4.55. The van der Waals surface area contributed by atoms with E-state index >= 15 is 0 Å². The third-order valence-electron chi connectivity index (χ3n) is 6.06. The van der Waals surface area contributed by atoms with Gasteiger partial charge in [-0.3, -0.25) is 4.79 Å². The molecule has 162 valence electrons. The zero-order valence-electron chi connectivity index (χ0n) is 18.6. The molecule has 0 bridgehead atoms. The molecule has 0 fully saturated rings. The second kappa shape index (κ2) is 7.67. The van der Waals surface area contributed by atoms with Crippen molar-refractivity contribution in [1.82, 2.24) is 15.0 Å². The van der Waals surface area contributed by atoms with Crippen LogP contribution in [0, 0.1) is 0 Å². The number of hydrogen-bond acceptors (Lipinski definition) is 5. The van der Waals surface area contributed by atoms with Gasteiger partial charge in [-0.2, -0.15) is 0 Å². The summed E-state index contributed by atoms with van der Waals surface area (Å²) in [6.07, 6.45) is 3.70. The highest BCUT2D eigenvalue weighted by atomic mass is 16.2. The van der Waals surface area contributed by atoms with E-state index in [2.05, 4.69) is 58.3 Å². The topological polar surface area (TPSA) is 77.2 Å². The lowest BCUT2D eigenvalue weighted by atomic mass is 10.0. The maximum absolute atomic E-state index is 12.7. The minimum atomic E-state index is -0.218. The number of hydrogen-bond donors (Lipinski definition) is 2. The minimum absolute atomic E-state index is 0.0990. The fourth-order valence-corrected chi connectivity index (χ4v) is 4.55. The first-order chi connectivity index (χ1) is 15.4. The zero-order chi connectivity index (χ0) is 22.4. The molecule has 3 heterocycles. The largest absolute Gasteiger partial charge is 0.361 e.